The third-order valence-electron chi connectivity index (χ3n) is 3.39. The van der Waals surface area contributed by atoms with E-state index in [4.69, 9.17) is 16.7 Å². The van der Waals surface area contributed by atoms with Crippen LogP contribution in [0, 0.1) is 5.92 Å². The number of hydrogen-bond acceptors (Lipinski definition) is 3. The second-order valence-electron chi connectivity index (χ2n) is 4.77. The number of likely N-dealkylation sites (tertiary alicyclic amines) is 1. The Morgan fingerprint density at radius 1 is 1.42 bits per heavy atom. The summed E-state index contributed by atoms with van der Waals surface area (Å²) in [5.41, 5.74) is 1.08. The molecule has 1 aliphatic heterocycles. The van der Waals surface area contributed by atoms with E-state index >= 15 is 0 Å². The maximum absolute atomic E-state index is 12.2. The molecule has 0 radical (unpaired) electrons. The van der Waals surface area contributed by atoms with Gasteiger partial charge in [0.2, 0.25) is 0 Å². The Morgan fingerprint density at radius 3 is 2.89 bits per heavy atom. The number of aliphatic hydroxyl groups is 1. The van der Waals surface area contributed by atoms with Crippen molar-refractivity contribution in [3.05, 3.63) is 41.0 Å². The van der Waals surface area contributed by atoms with Gasteiger partial charge in [0.1, 0.15) is 5.69 Å². The normalized spacial score (nSPS) is 15.6. The molecule has 1 aromatic carbocycles. The monoisotopic (exact) mass is 276 g/mol. The summed E-state index contributed by atoms with van der Waals surface area (Å²) in [5, 5.41) is 10.3. The zero-order valence-corrected chi connectivity index (χ0v) is 11.0. The van der Waals surface area contributed by atoms with Gasteiger partial charge in [-0.3, -0.25) is 4.79 Å². The van der Waals surface area contributed by atoms with E-state index in [0.717, 1.165) is 10.9 Å². The fraction of sp³-hybridized carbons (Fsp3) is 0.286. The highest BCUT2D eigenvalue weighted by Gasteiger charge is 2.31. The molecule has 2 heterocycles. The van der Waals surface area contributed by atoms with Crippen LogP contribution in [0.4, 0.5) is 0 Å². The lowest BCUT2D eigenvalue weighted by Gasteiger charge is -2.38. The van der Waals surface area contributed by atoms with Crippen LogP contribution in [0.5, 0.6) is 0 Å². The first-order chi connectivity index (χ1) is 9.19. The van der Waals surface area contributed by atoms with Gasteiger partial charge in [-0.25, -0.2) is 4.98 Å². The van der Waals surface area contributed by atoms with Gasteiger partial charge in [0.25, 0.3) is 5.91 Å². The average molecular weight is 277 g/mol. The molecule has 2 aromatic rings. The van der Waals surface area contributed by atoms with E-state index in [2.05, 4.69) is 4.98 Å². The van der Waals surface area contributed by atoms with Crippen LogP contribution in [0.3, 0.4) is 0 Å². The standard InChI is InChI=1S/C14H13ClN2O2/c15-11-5-13(14(19)17-6-9(7-17)8-18)16-12-4-2-1-3-10(11)12/h1-5,9,18H,6-8H2. The summed E-state index contributed by atoms with van der Waals surface area (Å²) in [7, 11) is 0. The number of carbonyl (C=O) groups excluding carboxylic acids is 1. The molecular formula is C14H13ClN2O2. The summed E-state index contributed by atoms with van der Waals surface area (Å²) in [6.45, 7) is 1.29. The quantitative estimate of drug-likeness (QED) is 0.912. The van der Waals surface area contributed by atoms with Gasteiger partial charge in [0.05, 0.1) is 10.5 Å². The topological polar surface area (TPSA) is 53.4 Å². The predicted octanol–water partition coefficient (Wildman–Crippen LogP) is 1.95. The third-order valence-corrected chi connectivity index (χ3v) is 3.70. The van der Waals surface area contributed by atoms with Crippen LogP contribution in [0.1, 0.15) is 10.5 Å². The lowest BCUT2D eigenvalue weighted by atomic mass is 10.0. The van der Waals surface area contributed by atoms with Crippen LogP contribution in [-0.4, -0.2) is 40.6 Å². The van der Waals surface area contributed by atoms with Crippen molar-refractivity contribution in [2.75, 3.05) is 19.7 Å². The van der Waals surface area contributed by atoms with Gasteiger partial charge in [-0.1, -0.05) is 29.8 Å². The summed E-state index contributed by atoms with van der Waals surface area (Å²) < 4.78 is 0. The molecule has 4 nitrogen and oxygen atoms in total. The number of pyridine rings is 1. The highest BCUT2D eigenvalue weighted by Crippen LogP contribution is 2.25. The molecule has 0 atom stereocenters. The Labute approximate surface area is 115 Å². The molecule has 19 heavy (non-hydrogen) atoms. The first-order valence-electron chi connectivity index (χ1n) is 6.14. The molecule has 1 aliphatic rings. The number of nitrogens with zero attached hydrogens (tertiary/aromatic N) is 2. The van der Waals surface area contributed by atoms with Gasteiger partial charge in [-0.2, -0.15) is 0 Å². The highest BCUT2D eigenvalue weighted by molar-refractivity contribution is 6.35. The summed E-state index contributed by atoms with van der Waals surface area (Å²) in [6, 6.07) is 9.08. The van der Waals surface area contributed by atoms with Gasteiger partial charge in [-0.05, 0) is 12.1 Å². The lowest BCUT2D eigenvalue weighted by molar-refractivity contribution is 0.0357. The number of aromatic nitrogens is 1. The minimum absolute atomic E-state index is 0.121. The Hall–Kier alpha value is -1.65. The Balaban J connectivity index is 1.91. The molecule has 1 amide bonds. The van der Waals surface area contributed by atoms with Gasteiger partial charge in [-0.15, -0.1) is 0 Å². The molecule has 1 fully saturated rings. The number of carbonyl (C=O) groups is 1. The van der Waals surface area contributed by atoms with E-state index in [9.17, 15) is 4.79 Å². The van der Waals surface area contributed by atoms with E-state index in [1.807, 2.05) is 24.3 Å². The van der Waals surface area contributed by atoms with Crippen LogP contribution in [0.2, 0.25) is 5.02 Å². The first kappa shape index (κ1) is 12.4. The molecule has 0 aliphatic carbocycles. The fourth-order valence-corrected chi connectivity index (χ4v) is 2.52. The average Bonchev–Trinajstić information content (AvgIpc) is 2.37. The second-order valence-corrected chi connectivity index (χ2v) is 5.17. The third kappa shape index (κ3) is 2.17. The number of hydrogen-bond donors (Lipinski definition) is 1. The van der Waals surface area contributed by atoms with Crippen molar-refractivity contribution in [2.45, 2.75) is 0 Å². The highest BCUT2D eigenvalue weighted by atomic mass is 35.5. The molecule has 1 saturated heterocycles. The number of rotatable bonds is 2. The Bertz CT molecular complexity index is 638. The molecule has 98 valence electrons. The molecule has 3 rings (SSSR count). The van der Waals surface area contributed by atoms with Gasteiger partial charge in [0.15, 0.2) is 0 Å². The zero-order chi connectivity index (χ0) is 13.4. The number of para-hydroxylation sites is 1. The van der Waals surface area contributed by atoms with Gasteiger partial charge < -0.3 is 10.0 Å². The van der Waals surface area contributed by atoms with Crippen LogP contribution in [0.15, 0.2) is 30.3 Å². The molecule has 0 spiro atoms. The molecule has 0 saturated carbocycles. The van der Waals surface area contributed by atoms with Crippen molar-refractivity contribution >= 4 is 28.4 Å². The summed E-state index contributed by atoms with van der Waals surface area (Å²) in [5.74, 6) is 0.0669. The number of benzene rings is 1. The van der Waals surface area contributed by atoms with Crippen molar-refractivity contribution in [3.63, 3.8) is 0 Å². The van der Waals surface area contributed by atoms with Gasteiger partial charge in [0, 0.05) is 31.0 Å². The maximum Gasteiger partial charge on any atom is 0.272 e. The van der Waals surface area contributed by atoms with E-state index in [-0.39, 0.29) is 18.4 Å². The predicted molar refractivity (Wildman–Crippen MR) is 73.2 cm³/mol. The Kier molecular flexibility index (Phi) is 3.12. The minimum atomic E-state index is -0.127. The maximum atomic E-state index is 12.2. The summed E-state index contributed by atoms with van der Waals surface area (Å²) in [6.07, 6.45) is 0. The Morgan fingerprint density at radius 2 is 2.16 bits per heavy atom. The van der Waals surface area contributed by atoms with Crippen molar-refractivity contribution in [1.29, 1.82) is 0 Å². The largest absolute Gasteiger partial charge is 0.396 e. The van der Waals surface area contributed by atoms with Crippen molar-refractivity contribution in [3.8, 4) is 0 Å². The van der Waals surface area contributed by atoms with E-state index in [1.165, 1.54) is 0 Å². The number of fused-ring (bicyclic) bond motifs is 1. The molecule has 0 bridgehead atoms. The zero-order valence-electron chi connectivity index (χ0n) is 10.2. The van der Waals surface area contributed by atoms with Crippen LogP contribution in [-0.2, 0) is 0 Å². The first-order valence-corrected chi connectivity index (χ1v) is 6.52. The smallest absolute Gasteiger partial charge is 0.272 e. The SMILES string of the molecule is O=C(c1cc(Cl)c2ccccc2n1)N1CC(CO)C1. The summed E-state index contributed by atoms with van der Waals surface area (Å²) >= 11 is 6.18. The fourth-order valence-electron chi connectivity index (χ4n) is 2.26. The molecule has 1 N–H and O–H groups in total. The van der Waals surface area contributed by atoms with Gasteiger partial charge >= 0.3 is 0 Å². The minimum Gasteiger partial charge on any atom is -0.396 e. The molecule has 5 heteroatoms. The molecule has 1 aromatic heterocycles. The van der Waals surface area contributed by atoms with Crippen LogP contribution < -0.4 is 0 Å². The van der Waals surface area contributed by atoms with E-state index in [0.29, 0.717) is 23.8 Å². The number of aliphatic hydroxyl groups excluding tert-OH is 1. The summed E-state index contributed by atoms with van der Waals surface area (Å²) in [4.78, 5) is 18.2. The van der Waals surface area contributed by atoms with E-state index in [1.54, 1.807) is 11.0 Å². The second kappa shape index (κ2) is 4.79. The molecule has 0 unspecified atom stereocenters. The van der Waals surface area contributed by atoms with Crippen molar-refractivity contribution in [1.82, 2.24) is 9.88 Å². The number of amides is 1. The van der Waals surface area contributed by atoms with Crippen molar-refractivity contribution < 1.29 is 9.90 Å². The van der Waals surface area contributed by atoms with E-state index < -0.39 is 0 Å². The molecular weight excluding hydrogens is 264 g/mol. The van der Waals surface area contributed by atoms with Crippen molar-refractivity contribution in [2.24, 2.45) is 5.92 Å². The van der Waals surface area contributed by atoms with Crippen LogP contribution >= 0.6 is 11.6 Å². The lowest BCUT2D eigenvalue weighted by Crippen LogP contribution is -2.51. The van der Waals surface area contributed by atoms with Crippen LogP contribution in [0.25, 0.3) is 10.9 Å². The number of halogens is 1.